The molecule has 2 aromatic rings. The zero-order valence-electron chi connectivity index (χ0n) is 9.77. The molecule has 0 heterocycles. The molecule has 0 aliphatic rings. The van der Waals surface area contributed by atoms with Crippen molar-refractivity contribution in [3.8, 4) is 0 Å². The van der Waals surface area contributed by atoms with E-state index in [4.69, 9.17) is 0 Å². The molecular formula is C14H12FNOS. The summed E-state index contributed by atoms with van der Waals surface area (Å²) in [7, 11) is 0. The quantitative estimate of drug-likeness (QED) is 0.793. The molecule has 2 nitrogen and oxygen atoms in total. The fraction of sp³-hybridized carbons (Fsp3) is 0.0714. The molecule has 1 N–H and O–H groups in total. The fourth-order valence-electron chi connectivity index (χ4n) is 1.56. The van der Waals surface area contributed by atoms with E-state index < -0.39 is 5.82 Å². The van der Waals surface area contributed by atoms with Crippen LogP contribution < -0.4 is 5.32 Å². The van der Waals surface area contributed by atoms with Gasteiger partial charge in [0, 0.05) is 10.5 Å². The number of carbonyl (C=O) groups excluding carboxylic acids is 1. The van der Waals surface area contributed by atoms with E-state index in [1.54, 1.807) is 43.3 Å². The second-order valence-electron chi connectivity index (χ2n) is 3.99. The smallest absolute Gasteiger partial charge is 0.255 e. The van der Waals surface area contributed by atoms with Gasteiger partial charge in [-0.05, 0) is 42.8 Å². The summed E-state index contributed by atoms with van der Waals surface area (Å²) in [6, 6.07) is 11.5. The minimum Gasteiger partial charge on any atom is -0.319 e. The normalized spacial score (nSPS) is 10.2. The summed E-state index contributed by atoms with van der Waals surface area (Å²) in [6.45, 7) is 1.79. The molecule has 1 amide bonds. The molecular weight excluding hydrogens is 249 g/mol. The predicted octanol–water partition coefficient (Wildman–Crippen LogP) is 3.68. The zero-order chi connectivity index (χ0) is 13.1. The van der Waals surface area contributed by atoms with Gasteiger partial charge in [0.15, 0.2) is 0 Å². The van der Waals surface area contributed by atoms with Gasteiger partial charge in [0.2, 0.25) is 0 Å². The third-order valence-corrected chi connectivity index (χ3v) is 2.76. The Labute approximate surface area is 110 Å². The molecule has 0 saturated carbocycles. The van der Waals surface area contributed by atoms with Crippen molar-refractivity contribution in [1.29, 1.82) is 0 Å². The molecule has 0 unspecified atom stereocenters. The van der Waals surface area contributed by atoms with Crippen LogP contribution in [0, 0.1) is 12.7 Å². The summed E-state index contributed by atoms with van der Waals surface area (Å²) in [5.41, 5.74) is 1.43. The first-order valence-corrected chi connectivity index (χ1v) is 5.87. The number of rotatable bonds is 2. The Balaban J connectivity index is 2.21. The number of halogens is 1. The predicted molar refractivity (Wildman–Crippen MR) is 72.8 cm³/mol. The molecule has 0 aliphatic heterocycles. The number of amides is 1. The van der Waals surface area contributed by atoms with E-state index in [-0.39, 0.29) is 11.6 Å². The summed E-state index contributed by atoms with van der Waals surface area (Å²) in [5.74, 6) is -0.793. The van der Waals surface area contributed by atoms with Crippen molar-refractivity contribution in [1.82, 2.24) is 0 Å². The lowest BCUT2D eigenvalue weighted by Crippen LogP contribution is -2.12. The number of thiol groups is 1. The average molecular weight is 261 g/mol. The Morgan fingerprint density at radius 1 is 1.22 bits per heavy atom. The van der Waals surface area contributed by atoms with E-state index in [1.165, 1.54) is 6.07 Å². The van der Waals surface area contributed by atoms with E-state index in [0.29, 0.717) is 10.5 Å². The second-order valence-corrected chi connectivity index (χ2v) is 4.50. The first kappa shape index (κ1) is 12.6. The van der Waals surface area contributed by atoms with Crippen LogP contribution in [0.15, 0.2) is 47.4 Å². The Morgan fingerprint density at radius 3 is 2.67 bits per heavy atom. The number of carbonyl (C=O) groups is 1. The number of nitrogens with one attached hydrogen (secondary N) is 1. The van der Waals surface area contributed by atoms with Crippen LogP contribution in [-0.2, 0) is 0 Å². The summed E-state index contributed by atoms with van der Waals surface area (Å²) in [5, 5.41) is 2.53. The number of benzene rings is 2. The highest BCUT2D eigenvalue weighted by atomic mass is 32.1. The number of anilines is 1. The van der Waals surface area contributed by atoms with Gasteiger partial charge in [-0.3, -0.25) is 4.79 Å². The summed E-state index contributed by atoms with van der Waals surface area (Å²) < 4.78 is 13.6. The van der Waals surface area contributed by atoms with Gasteiger partial charge in [-0.15, -0.1) is 12.6 Å². The van der Waals surface area contributed by atoms with E-state index in [1.807, 2.05) is 0 Å². The largest absolute Gasteiger partial charge is 0.319 e. The van der Waals surface area contributed by atoms with E-state index >= 15 is 0 Å². The van der Waals surface area contributed by atoms with Gasteiger partial charge < -0.3 is 5.32 Å². The summed E-state index contributed by atoms with van der Waals surface area (Å²) in [6.07, 6.45) is 0. The minimum atomic E-state index is -0.439. The van der Waals surface area contributed by atoms with E-state index in [2.05, 4.69) is 17.9 Å². The van der Waals surface area contributed by atoms with Gasteiger partial charge in [0.05, 0.1) is 5.69 Å². The zero-order valence-corrected chi connectivity index (χ0v) is 10.7. The lowest BCUT2D eigenvalue weighted by atomic mass is 10.2. The molecule has 18 heavy (non-hydrogen) atoms. The van der Waals surface area contributed by atoms with Crippen LogP contribution in [0.4, 0.5) is 10.1 Å². The molecule has 0 radical (unpaired) electrons. The first-order chi connectivity index (χ1) is 8.56. The maximum Gasteiger partial charge on any atom is 0.255 e. The number of aryl methyl sites for hydroxylation is 1. The molecule has 2 aromatic carbocycles. The number of hydrogen-bond donors (Lipinski definition) is 2. The highest BCUT2D eigenvalue weighted by molar-refractivity contribution is 7.80. The molecule has 0 bridgehead atoms. The molecule has 92 valence electrons. The van der Waals surface area contributed by atoms with Gasteiger partial charge in [0.25, 0.3) is 5.91 Å². The minimum absolute atomic E-state index is 0.176. The van der Waals surface area contributed by atoms with Crippen LogP contribution in [-0.4, -0.2) is 5.91 Å². The lowest BCUT2D eigenvalue weighted by Gasteiger charge is -2.07. The molecule has 0 aromatic heterocycles. The molecule has 0 saturated heterocycles. The second kappa shape index (κ2) is 5.23. The van der Waals surface area contributed by atoms with Crippen molar-refractivity contribution in [2.45, 2.75) is 11.8 Å². The van der Waals surface area contributed by atoms with Gasteiger partial charge >= 0.3 is 0 Å². The molecule has 0 atom stereocenters. The third-order valence-electron chi connectivity index (χ3n) is 2.48. The Bertz CT molecular complexity index is 598. The monoisotopic (exact) mass is 261 g/mol. The van der Waals surface area contributed by atoms with Crippen LogP contribution in [0.2, 0.25) is 0 Å². The van der Waals surface area contributed by atoms with Crippen LogP contribution in [0.1, 0.15) is 15.9 Å². The fourth-order valence-corrected chi connectivity index (χ4v) is 1.79. The maximum atomic E-state index is 13.6. The van der Waals surface area contributed by atoms with Crippen molar-refractivity contribution < 1.29 is 9.18 Å². The maximum absolute atomic E-state index is 13.6. The van der Waals surface area contributed by atoms with Crippen LogP contribution >= 0.6 is 12.6 Å². The highest BCUT2D eigenvalue weighted by Gasteiger charge is 2.09. The first-order valence-electron chi connectivity index (χ1n) is 5.43. The van der Waals surface area contributed by atoms with Gasteiger partial charge in [-0.1, -0.05) is 12.1 Å². The van der Waals surface area contributed by atoms with Crippen LogP contribution in [0.3, 0.4) is 0 Å². The molecule has 0 spiro atoms. The number of hydrogen-bond acceptors (Lipinski definition) is 2. The molecule has 0 aliphatic carbocycles. The van der Waals surface area contributed by atoms with Crippen molar-refractivity contribution in [3.05, 3.63) is 59.4 Å². The SMILES string of the molecule is Cc1ccc(NC(=O)c2cccc(S)c2)c(F)c1. The van der Waals surface area contributed by atoms with Gasteiger partial charge in [0.1, 0.15) is 5.82 Å². The van der Waals surface area contributed by atoms with Gasteiger partial charge in [-0.2, -0.15) is 0 Å². The molecule has 2 rings (SSSR count). The Hall–Kier alpha value is -1.81. The Kier molecular flexibility index (Phi) is 3.67. The van der Waals surface area contributed by atoms with Crippen LogP contribution in [0.25, 0.3) is 0 Å². The van der Waals surface area contributed by atoms with Crippen molar-refractivity contribution in [2.24, 2.45) is 0 Å². The van der Waals surface area contributed by atoms with Crippen molar-refractivity contribution in [3.63, 3.8) is 0 Å². The third kappa shape index (κ3) is 2.90. The topological polar surface area (TPSA) is 29.1 Å². The molecule has 0 fully saturated rings. The van der Waals surface area contributed by atoms with Crippen molar-refractivity contribution in [2.75, 3.05) is 5.32 Å². The Morgan fingerprint density at radius 2 is 2.00 bits per heavy atom. The molecule has 4 heteroatoms. The summed E-state index contributed by atoms with van der Waals surface area (Å²) in [4.78, 5) is 12.6. The van der Waals surface area contributed by atoms with Crippen molar-refractivity contribution >= 4 is 24.2 Å². The van der Waals surface area contributed by atoms with E-state index in [0.717, 1.165) is 5.56 Å². The standard InChI is InChI=1S/C14H12FNOS/c1-9-5-6-13(12(15)7-9)16-14(17)10-3-2-4-11(18)8-10/h2-8,18H,1H3,(H,16,17). The average Bonchev–Trinajstić information content (AvgIpc) is 2.32. The lowest BCUT2D eigenvalue weighted by molar-refractivity contribution is 0.102. The van der Waals surface area contributed by atoms with E-state index in [9.17, 15) is 9.18 Å². The summed E-state index contributed by atoms with van der Waals surface area (Å²) >= 11 is 4.15. The van der Waals surface area contributed by atoms with Crippen LogP contribution in [0.5, 0.6) is 0 Å². The highest BCUT2D eigenvalue weighted by Crippen LogP contribution is 2.17. The van der Waals surface area contributed by atoms with Gasteiger partial charge in [-0.25, -0.2) is 4.39 Å².